The van der Waals surface area contributed by atoms with Crippen molar-refractivity contribution in [3.63, 3.8) is 0 Å². The number of benzene rings is 2. The van der Waals surface area contributed by atoms with Crippen LogP contribution in [-0.4, -0.2) is 18.5 Å². The van der Waals surface area contributed by atoms with E-state index < -0.39 is 0 Å². The highest BCUT2D eigenvalue weighted by Gasteiger charge is 2.11. The molecular formula is C17H19BrN2O. The molecule has 3 nitrogen and oxygen atoms in total. The van der Waals surface area contributed by atoms with Gasteiger partial charge >= 0.3 is 0 Å². The number of hydrogen-bond donors (Lipinski definition) is 2. The lowest BCUT2D eigenvalue weighted by molar-refractivity contribution is -0.121. The van der Waals surface area contributed by atoms with Crippen LogP contribution in [0.15, 0.2) is 59.1 Å². The lowest BCUT2D eigenvalue weighted by atomic mass is 10.1. The molecule has 0 saturated heterocycles. The van der Waals surface area contributed by atoms with Crippen molar-refractivity contribution in [1.82, 2.24) is 5.32 Å². The van der Waals surface area contributed by atoms with Gasteiger partial charge in [0.15, 0.2) is 0 Å². The van der Waals surface area contributed by atoms with Crippen LogP contribution in [0.25, 0.3) is 0 Å². The molecule has 0 saturated carbocycles. The van der Waals surface area contributed by atoms with E-state index in [0.717, 1.165) is 16.6 Å². The Balaban J connectivity index is 1.76. The average Bonchev–Trinajstić information content (AvgIpc) is 2.50. The molecular weight excluding hydrogens is 328 g/mol. The zero-order chi connectivity index (χ0) is 15.1. The summed E-state index contributed by atoms with van der Waals surface area (Å²) >= 11 is 3.39. The van der Waals surface area contributed by atoms with Crippen LogP contribution in [0.2, 0.25) is 0 Å². The van der Waals surface area contributed by atoms with Crippen molar-refractivity contribution in [3.8, 4) is 0 Å². The molecule has 4 heteroatoms. The minimum absolute atomic E-state index is 0.00819. The van der Waals surface area contributed by atoms with Gasteiger partial charge in [0, 0.05) is 16.7 Å². The van der Waals surface area contributed by atoms with E-state index in [1.165, 1.54) is 5.56 Å². The van der Waals surface area contributed by atoms with Gasteiger partial charge in [-0.2, -0.15) is 0 Å². The third-order valence-corrected chi connectivity index (χ3v) is 3.71. The van der Waals surface area contributed by atoms with Crippen LogP contribution in [-0.2, 0) is 11.2 Å². The Morgan fingerprint density at radius 3 is 2.43 bits per heavy atom. The van der Waals surface area contributed by atoms with E-state index >= 15 is 0 Å². The second-order valence-electron chi connectivity index (χ2n) is 4.90. The molecule has 2 aromatic rings. The number of anilines is 1. The maximum Gasteiger partial charge on any atom is 0.242 e. The Bertz CT molecular complexity index is 569. The van der Waals surface area contributed by atoms with Gasteiger partial charge in [-0.05, 0) is 43.2 Å². The number of nitrogens with one attached hydrogen (secondary N) is 2. The third kappa shape index (κ3) is 5.23. The van der Waals surface area contributed by atoms with Crippen molar-refractivity contribution in [2.24, 2.45) is 0 Å². The first-order valence-electron chi connectivity index (χ1n) is 6.99. The van der Waals surface area contributed by atoms with Gasteiger partial charge in [0.05, 0.1) is 0 Å². The van der Waals surface area contributed by atoms with Crippen LogP contribution in [0.5, 0.6) is 0 Å². The first kappa shape index (κ1) is 15.6. The van der Waals surface area contributed by atoms with E-state index in [1.54, 1.807) is 0 Å². The van der Waals surface area contributed by atoms with Crippen LogP contribution >= 0.6 is 15.9 Å². The van der Waals surface area contributed by atoms with Crippen molar-refractivity contribution in [3.05, 3.63) is 64.6 Å². The monoisotopic (exact) mass is 346 g/mol. The number of amides is 1. The molecule has 0 unspecified atom stereocenters. The fraction of sp³-hybridized carbons (Fsp3) is 0.235. The van der Waals surface area contributed by atoms with Gasteiger partial charge in [0.1, 0.15) is 6.04 Å². The summed E-state index contributed by atoms with van der Waals surface area (Å²) in [6.45, 7) is 2.51. The fourth-order valence-electron chi connectivity index (χ4n) is 1.99. The van der Waals surface area contributed by atoms with Crippen molar-refractivity contribution >= 4 is 27.5 Å². The number of carbonyl (C=O) groups is 1. The predicted molar refractivity (Wildman–Crippen MR) is 90.4 cm³/mol. The van der Waals surface area contributed by atoms with Gasteiger partial charge < -0.3 is 10.6 Å². The Morgan fingerprint density at radius 1 is 1.10 bits per heavy atom. The summed E-state index contributed by atoms with van der Waals surface area (Å²) in [5.41, 5.74) is 2.16. The Labute approximate surface area is 133 Å². The second-order valence-corrected chi connectivity index (χ2v) is 5.82. The highest BCUT2D eigenvalue weighted by atomic mass is 79.9. The average molecular weight is 347 g/mol. The molecule has 1 atom stereocenters. The number of carbonyl (C=O) groups excluding carboxylic acids is 1. The van der Waals surface area contributed by atoms with E-state index in [1.807, 2.05) is 49.4 Å². The summed E-state index contributed by atoms with van der Waals surface area (Å²) in [7, 11) is 0. The minimum atomic E-state index is -0.262. The number of hydrogen-bond acceptors (Lipinski definition) is 2. The molecule has 21 heavy (non-hydrogen) atoms. The van der Waals surface area contributed by atoms with Gasteiger partial charge in [-0.1, -0.05) is 46.3 Å². The molecule has 1 amide bonds. The molecule has 0 aliphatic heterocycles. The zero-order valence-corrected chi connectivity index (χ0v) is 13.6. The first-order valence-corrected chi connectivity index (χ1v) is 7.78. The Hall–Kier alpha value is -1.81. The van der Waals surface area contributed by atoms with E-state index in [4.69, 9.17) is 0 Å². The summed E-state index contributed by atoms with van der Waals surface area (Å²) in [5.74, 6) is 0.00819. The second kappa shape index (κ2) is 7.84. The van der Waals surface area contributed by atoms with Crippen LogP contribution < -0.4 is 10.6 Å². The van der Waals surface area contributed by atoms with E-state index in [2.05, 4.69) is 38.7 Å². The van der Waals surface area contributed by atoms with Crippen molar-refractivity contribution in [2.75, 3.05) is 11.9 Å². The normalized spacial score (nSPS) is 11.7. The van der Waals surface area contributed by atoms with Crippen LogP contribution in [0.1, 0.15) is 12.5 Å². The highest BCUT2D eigenvalue weighted by Crippen LogP contribution is 2.14. The maximum absolute atomic E-state index is 12.0. The van der Waals surface area contributed by atoms with Gasteiger partial charge in [-0.3, -0.25) is 4.79 Å². The molecule has 0 bridgehead atoms. The molecule has 2 N–H and O–H groups in total. The predicted octanol–water partition coefficient (Wildman–Crippen LogP) is 3.61. The molecule has 2 rings (SSSR count). The summed E-state index contributed by atoms with van der Waals surface area (Å²) in [5, 5.41) is 6.14. The first-order chi connectivity index (χ1) is 10.1. The summed E-state index contributed by atoms with van der Waals surface area (Å²) in [6.07, 6.45) is 0.845. The fourth-order valence-corrected chi connectivity index (χ4v) is 2.25. The van der Waals surface area contributed by atoms with Crippen LogP contribution in [0.3, 0.4) is 0 Å². The molecule has 0 heterocycles. The Kier molecular flexibility index (Phi) is 5.81. The van der Waals surface area contributed by atoms with Gasteiger partial charge in [-0.15, -0.1) is 0 Å². The van der Waals surface area contributed by atoms with Crippen LogP contribution in [0, 0.1) is 0 Å². The van der Waals surface area contributed by atoms with Crippen molar-refractivity contribution in [2.45, 2.75) is 19.4 Å². The van der Waals surface area contributed by atoms with Crippen molar-refractivity contribution < 1.29 is 4.79 Å². The molecule has 0 aliphatic carbocycles. The maximum atomic E-state index is 12.0. The molecule has 0 spiro atoms. The van der Waals surface area contributed by atoms with Gasteiger partial charge in [0.2, 0.25) is 5.91 Å². The lowest BCUT2D eigenvalue weighted by Crippen LogP contribution is -2.38. The van der Waals surface area contributed by atoms with Crippen LogP contribution in [0.4, 0.5) is 5.69 Å². The minimum Gasteiger partial charge on any atom is -0.374 e. The highest BCUT2D eigenvalue weighted by molar-refractivity contribution is 9.10. The van der Waals surface area contributed by atoms with E-state index in [9.17, 15) is 4.79 Å². The summed E-state index contributed by atoms with van der Waals surface area (Å²) < 4.78 is 1.02. The molecule has 0 radical (unpaired) electrons. The van der Waals surface area contributed by atoms with Gasteiger partial charge in [-0.25, -0.2) is 0 Å². The topological polar surface area (TPSA) is 41.1 Å². The summed E-state index contributed by atoms with van der Waals surface area (Å²) in [6, 6.07) is 17.7. The quantitative estimate of drug-likeness (QED) is 0.838. The zero-order valence-electron chi connectivity index (χ0n) is 12.0. The van der Waals surface area contributed by atoms with E-state index in [-0.39, 0.29) is 11.9 Å². The molecule has 0 aromatic heterocycles. The number of halogens is 1. The number of rotatable bonds is 6. The SMILES string of the molecule is C[C@H](Nc1ccc(Br)cc1)C(=O)NCCc1ccccc1. The lowest BCUT2D eigenvalue weighted by Gasteiger charge is -2.15. The van der Waals surface area contributed by atoms with E-state index in [0.29, 0.717) is 6.54 Å². The van der Waals surface area contributed by atoms with Gasteiger partial charge in [0.25, 0.3) is 0 Å². The third-order valence-electron chi connectivity index (χ3n) is 3.18. The standard InChI is InChI=1S/C17H19BrN2O/c1-13(20-16-9-7-15(18)8-10-16)17(21)19-12-11-14-5-3-2-4-6-14/h2-10,13,20H,11-12H2,1H3,(H,19,21)/t13-/m0/s1. The molecule has 0 aliphatic rings. The molecule has 0 fully saturated rings. The summed E-state index contributed by atoms with van der Waals surface area (Å²) in [4.78, 5) is 12.0. The molecule has 2 aromatic carbocycles. The largest absolute Gasteiger partial charge is 0.374 e. The smallest absolute Gasteiger partial charge is 0.242 e. The Morgan fingerprint density at radius 2 is 1.76 bits per heavy atom. The van der Waals surface area contributed by atoms with Crippen molar-refractivity contribution in [1.29, 1.82) is 0 Å². The molecule has 110 valence electrons.